The Kier molecular flexibility index (Phi) is 9.73. The quantitative estimate of drug-likeness (QED) is 0.157. The molecule has 0 aromatic heterocycles. The Labute approximate surface area is 181 Å². The van der Waals surface area contributed by atoms with Gasteiger partial charge in [0, 0.05) is 24.8 Å². The molecular formula is C22H29N3O6. The number of nitrogens with one attached hydrogen (secondary N) is 2. The molecule has 2 aromatic carbocycles. The van der Waals surface area contributed by atoms with E-state index in [4.69, 9.17) is 14.5 Å². The zero-order chi connectivity index (χ0) is 22.6. The minimum atomic E-state index is -0.417. The van der Waals surface area contributed by atoms with Gasteiger partial charge < -0.3 is 15.4 Å². The van der Waals surface area contributed by atoms with Gasteiger partial charge in [-0.3, -0.25) is 10.1 Å². The molecule has 0 aliphatic carbocycles. The van der Waals surface area contributed by atoms with Gasteiger partial charge in [0.15, 0.2) is 0 Å². The molecule has 2 rings (SSSR count). The zero-order valence-electron chi connectivity index (χ0n) is 18.1. The summed E-state index contributed by atoms with van der Waals surface area (Å²) in [6, 6.07) is 10.3. The van der Waals surface area contributed by atoms with Crippen LogP contribution >= 0.6 is 0 Å². The molecule has 0 fully saturated rings. The van der Waals surface area contributed by atoms with Crippen molar-refractivity contribution in [2.24, 2.45) is 0 Å². The summed E-state index contributed by atoms with van der Waals surface area (Å²) in [5.74, 6) is -0.335. The molecule has 2 N–H and O–H groups in total. The van der Waals surface area contributed by atoms with Crippen molar-refractivity contribution < 1.29 is 24.2 Å². The van der Waals surface area contributed by atoms with E-state index in [1.165, 1.54) is 6.07 Å². The Balaban J connectivity index is 1.84. The zero-order valence-corrected chi connectivity index (χ0v) is 18.1. The van der Waals surface area contributed by atoms with Crippen molar-refractivity contribution in [2.75, 3.05) is 36.9 Å². The Morgan fingerprint density at radius 3 is 2.35 bits per heavy atom. The highest BCUT2D eigenvalue weighted by atomic mass is 17.2. The molecule has 9 heteroatoms. The first kappa shape index (κ1) is 24.1. The fraction of sp³-hybridized carbons (Fsp3) is 0.409. The van der Waals surface area contributed by atoms with E-state index >= 15 is 0 Å². The maximum atomic E-state index is 11.8. The van der Waals surface area contributed by atoms with Crippen molar-refractivity contribution in [3.05, 3.63) is 63.2 Å². The molecule has 0 atom stereocenters. The maximum absolute atomic E-state index is 11.8. The Bertz CT molecular complexity index is 888. The minimum absolute atomic E-state index is 0.00374. The molecule has 0 heterocycles. The first-order valence-corrected chi connectivity index (χ1v) is 10.2. The van der Waals surface area contributed by atoms with Crippen molar-refractivity contribution in [1.82, 2.24) is 0 Å². The number of carbonyl (C=O) groups is 1. The van der Waals surface area contributed by atoms with Gasteiger partial charge in [0.1, 0.15) is 12.3 Å². The summed E-state index contributed by atoms with van der Waals surface area (Å²) in [7, 11) is 0. The molecule has 0 amide bonds. The summed E-state index contributed by atoms with van der Waals surface area (Å²) >= 11 is 0. The van der Waals surface area contributed by atoms with Crippen LogP contribution in [0, 0.1) is 17.0 Å². The van der Waals surface area contributed by atoms with Crippen molar-refractivity contribution in [3.63, 3.8) is 0 Å². The lowest BCUT2D eigenvalue weighted by molar-refractivity contribution is -0.384. The number of nitro benzene ring substituents is 1. The number of esters is 1. The van der Waals surface area contributed by atoms with Crippen molar-refractivity contribution in [2.45, 2.75) is 33.8 Å². The average molecular weight is 431 g/mol. The molecule has 0 unspecified atom stereocenters. The molecule has 0 radical (unpaired) electrons. The normalized spacial score (nSPS) is 10.5. The second kappa shape index (κ2) is 12.5. The predicted molar refractivity (Wildman–Crippen MR) is 118 cm³/mol. The lowest BCUT2D eigenvalue weighted by atomic mass is 10.1. The standard InChI is InChI=1S/C22H29N3O6/c1-4-29-22(26)18-8-10-19(16(3)13-18)23-11-6-12-24-20-9-7-17(15-31-30-5-2)14-21(20)25(27)28/h7-10,13-14,23-24H,4-6,11-12,15H2,1-3H3. The number of benzene rings is 2. The summed E-state index contributed by atoms with van der Waals surface area (Å²) in [6.45, 7) is 7.61. The molecule has 0 spiro atoms. The number of hydrogen-bond donors (Lipinski definition) is 2. The largest absolute Gasteiger partial charge is 0.462 e. The number of carbonyl (C=O) groups excluding carboxylic acids is 1. The van der Waals surface area contributed by atoms with Crippen LogP contribution in [0.5, 0.6) is 0 Å². The van der Waals surface area contributed by atoms with E-state index in [0.29, 0.717) is 43.1 Å². The van der Waals surface area contributed by atoms with E-state index in [9.17, 15) is 14.9 Å². The number of anilines is 2. The fourth-order valence-corrected chi connectivity index (χ4v) is 2.90. The number of nitro groups is 1. The van der Waals surface area contributed by atoms with Gasteiger partial charge in [-0.25, -0.2) is 14.6 Å². The van der Waals surface area contributed by atoms with Gasteiger partial charge in [0.2, 0.25) is 0 Å². The number of rotatable bonds is 13. The van der Waals surface area contributed by atoms with E-state index in [1.54, 1.807) is 38.1 Å². The molecule has 0 aliphatic heterocycles. The van der Waals surface area contributed by atoms with E-state index in [-0.39, 0.29) is 18.3 Å². The lowest BCUT2D eigenvalue weighted by Crippen LogP contribution is -2.11. The molecule has 9 nitrogen and oxygen atoms in total. The number of nitrogens with zero attached hydrogens (tertiary/aromatic N) is 1. The summed E-state index contributed by atoms with van der Waals surface area (Å²) in [5, 5.41) is 17.8. The Hall–Kier alpha value is -3.17. The van der Waals surface area contributed by atoms with Crippen LogP contribution < -0.4 is 10.6 Å². The van der Waals surface area contributed by atoms with Crippen molar-refractivity contribution in [1.29, 1.82) is 0 Å². The highest BCUT2D eigenvalue weighted by molar-refractivity contribution is 5.90. The van der Waals surface area contributed by atoms with Gasteiger partial charge in [-0.1, -0.05) is 6.07 Å². The molecule has 2 aromatic rings. The topological polar surface area (TPSA) is 112 Å². The van der Waals surface area contributed by atoms with E-state index in [0.717, 1.165) is 17.7 Å². The molecule has 0 saturated heterocycles. The third kappa shape index (κ3) is 7.54. The monoisotopic (exact) mass is 431 g/mol. The predicted octanol–water partition coefficient (Wildman–Crippen LogP) is 4.46. The first-order valence-electron chi connectivity index (χ1n) is 10.2. The highest BCUT2D eigenvalue weighted by Crippen LogP contribution is 2.26. The second-order valence-electron chi connectivity index (χ2n) is 6.73. The van der Waals surface area contributed by atoms with Gasteiger partial charge in [-0.05, 0) is 62.6 Å². The smallest absolute Gasteiger partial charge is 0.338 e. The SMILES string of the molecule is CCOOCc1ccc(NCCCNc2ccc(C(=O)OCC)cc2C)c([N+](=O)[O-])c1. The molecule has 0 bridgehead atoms. The molecular weight excluding hydrogens is 402 g/mol. The van der Waals surface area contributed by atoms with Crippen LogP contribution in [0.2, 0.25) is 0 Å². The van der Waals surface area contributed by atoms with Crippen LogP contribution in [0.3, 0.4) is 0 Å². The summed E-state index contributed by atoms with van der Waals surface area (Å²) in [6.07, 6.45) is 0.741. The van der Waals surface area contributed by atoms with Gasteiger partial charge in [0.25, 0.3) is 5.69 Å². The average Bonchev–Trinajstić information content (AvgIpc) is 2.75. The van der Waals surface area contributed by atoms with Gasteiger partial charge in [-0.15, -0.1) is 0 Å². The molecule has 168 valence electrons. The van der Waals surface area contributed by atoms with E-state index in [2.05, 4.69) is 10.6 Å². The van der Waals surface area contributed by atoms with Crippen LogP contribution in [0.4, 0.5) is 17.1 Å². The van der Waals surface area contributed by atoms with Crippen LogP contribution in [0.25, 0.3) is 0 Å². The van der Waals surface area contributed by atoms with E-state index < -0.39 is 4.92 Å². The Morgan fingerprint density at radius 1 is 1.00 bits per heavy atom. The molecule has 0 aliphatic rings. The highest BCUT2D eigenvalue weighted by Gasteiger charge is 2.14. The fourth-order valence-electron chi connectivity index (χ4n) is 2.90. The second-order valence-corrected chi connectivity index (χ2v) is 6.73. The summed E-state index contributed by atoms with van der Waals surface area (Å²) < 4.78 is 5.01. The lowest BCUT2D eigenvalue weighted by Gasteiger charge is -2.12. The van der Waals surface area contributed by atoms with Crippen molar-refractivity contribution >= 4 is 23.0 Å². The minimum Gasteiger partial charge on any atom is -0.462 e. The van der Waals surface area contributed by atoms with Gasteiger partial charge >= 0.3 is 5.97 Å². The van der Waals surface area contributed by atoms with Crippen LogP contribution in [0.1, 0.15) is 41.8 Å². The molecule has 31 heavy (non-hydrogen) atoms. The first-order chi connectivity index (χ1) is 15.0. The van der Waals surface area contributed by atoms with Crippen LogP contribution in [-0.2, 0) is 21.1 Å². The van der Waals surface area contributed by atoms with Crippen molar-refractivity contribution in [3.8, 4) is 0 Å². The Morgan fingerprint density at radius 2 is 1.71 bits per heavy atom. The van der Waals surface area contributed by atoms with E-state index in [1.807, 2.05) is 13.0 Å². The van der Waals surface area contributed by atoms with Gasteiger partial charge in [0.05, 0.1) is 23.7 Å². The van der Waals surface area contributed by atoms with Gasteiger partial charge in [-0.2, -0.15) is 0 Å². The maximum Gasteiger partial charge on any atom is 0.338 e. The summed E-state index contributed by atoms with van der Waals surface area (Å²) in [4.78, 5) is 32.5. The summed E-state index contributed by atoms with van der Waals surface area (Å²) in [5.41, 5.74) is 3.51. The number of ether oxygens (including phenoxy) is 1. The molecule has 0 saturated carbocycles. The third-order valence-corrected chi connectivity index (χ3v) is 4.41. The number of aryl methyl sites for hydroxylation is 1. The van der Waals surface area contributed by atoms with Crippen LogP contribution in [-0.4, -0.2) is 37.2 Å². The van der Waals surface area contributed by atoms with Crippen LogP contribution in [0.15, 0.2) is 36.4 Å². The third-order valence-electron chi connectivity index (χ3n) is 4.41. The number of hydrogen-bond acceptors (Lipinski definition) is 8.